The molecule has 0 aliphatic carbocycles. The molecule has 10 aromatic rings. The zero-order valence-corrected chi connectivity index (χ0v) is 28.0. The van der Waals surface area contributed by atoms with Crippen LogP contribution in [-0.2, 0) is 0 Å². The normalized spacial score (nSPS) is 11.5. The van der Waals surface area contributed by atoms with Crippen LogP contribution in [0.5, 0.6) is 0 Å². The van der Waals surface area contributed by atoms with Crippen LogP contribution in [0.15, 0.2) is 186 Å². The lowest BCUT2D eigenvalue weighted by Gasteiger charge is -2.11. The number of benzene rings is 7. The number of nitrogens with zero attached hydrogens (tertiary/aromatic N) is 4. The Morgan fingerprint density at radius 3 is 1.35 bits per heavy atom. The van der Waals surface area contributed by atoms with E-state index < -0.39 is 0 Å². The van der Waals surface area contributed by atoms with Gasteiger partial charge in [0, 0.05) is 22.1 Å². The molecule has 3 aromatic heterocycles. The first-order valence-electron chi connectivity index (χ1n) is 17.4. The minimum Gasteiger partial charge on any atom is -0.438 e. The van der Waals surface area contributed by atoms with E-state index in [1.54, 1.807) is 0 Å². The third-order valence-corrected chi connectivity index (χ3v) is 9.64. The summed E-state index contributed by atoms with van der Waals surface area (Å²) in [6.07, 6.45) is 0. The van der Waals surface area contributed by atoms with Crippen LogP contribution in [0.25, 0.3) is 95.3 Å². The second-order valence-corrected chi connectivity index (χ2v) is 12.9. The van der Waals surface area contributed by atoms with Gasteiger partial charge < -0.3 is 4.42 Å². The van der Waals surface area contributed by atoms with E-state index >= 15 is 0 Å². The largest absolute Gasteiger partial charge is 0.438 e. The Kier molecular flexibility index (Phi) is 7.07. The molecule has 3 heterocycles. The van der Waals surface area contributed by atoms with Gasteiger partial charge in [-0.15, -0.1) is 0 Å². The molecule has 0 saturated carbocycles. The maximum absolute atomic E-state index is 6.54. The molecule has 0 radical (unpaired) electrons. The summed E-state index contributed by atoms with van der Waals surface area (Å²) in [5, 5.41) is 1.12. The smallest absolute Gasteiger partial charge is 0.213 e. The molecule has 52 heavy (non-hydrogen) atoms. The molecule has 10 rings (SSSR count). The molecule has 0 saturated heterocycles. The van der Waals surface area contributed by atoms with Crippen LogP contribution in [-0.4, -0.2) is 19.4 Å². The minimum absolute atomic E-state index is 0.599. The first-order chi connectivity index (χ1) is 25.8. The zero-order valence-electron chi connectivity index (χ0n) is 28.0. The van der Waals surface area contributed by atoms with E-state index in [4.69, 9.17) is 19.4 Å². The van der Waals surface area contributed by atoms with Crippen LogP contribution >= 0.6 is 0 Å². The van der Waals surface area contributed by atoms with Crippen molar-refractivity contribution >= 4 is 27.7 Å². The number of fused-ring (bicyclic) bond motifs is 5. The summed E-state index contributed by atoms with van der Waals surface area (Å²) in [4.78, 5) is 15.4. The van der Waals surface area contributed by atoms with Gasteiger partial charge in [0.25, 0.3) is 0 Å². The Hall–Kier alpha value is -7.11. The van der Waals surface area contributed by atoms with Crippen molar-refractivity contribution in [3.8, 4) is 67.5 Å². The molecule has 0 bridgehead atoms. The van der Waals surface area contributed by atoms with Gasteiger partial charge >= 0.3 is 0 Å². The third kappa shape index (κ3) is 5.15. The Balaban J connectivity index is 1.16. The highest BCUT2D eigenvalue weighted by molar-refractivity contribution is 6.07. The number of rotatable bonds is 6. The van der Waals surface area contributed by atoms with Gasteiger partial charge in [-0.3, -0.25) is 4.40 Å². The lowest BCUT2D eigenvalue weighted by Crippen LogP contribution is -2.00. The molecule has 0 aliphatic heterocycles. The van der Waals surface area contributed by atoms with E-state index in [1.165, 1.54) is 0 Å². The maximum atomic E-state index is 6.54. The van der Waals surface area contributed by atoms with Crippen LogP contribution in [0.4, 0.5) is 0 Å². The Morgan fingerprint density at radius 1 is 0.346 bits per heavy atom. The van der Waals surface area contributed by atoms with Crippen LogP contribution in [0.2, 0.25) is 0 Å². The standard InChI is InChI=1S/C47H30N4O/c1-3-14-31(15-4-1)33-18-11-21-36(28-33)44-48-45(37-22-12-19-34(29-37)32-16-5-2-6-17-32)50-46(49-44)38-23-13-20-35(30-38)43-39-24-7-8-25-40(39)51-41-26-9-10-27-42(41)52-47(43)51/h1-30H. The van der Waals surface area contributed by atoms with Crippen LogP contribution in [0.1, 0.15) is 0 Å². The average molecular weight is 667 g/mol. The first kappa shape index (κ1) is 29.8. The molecule has 0 spiro atoms. The van der Waals surface area contributed by atoms with E-state index in [1.807, 2.05) is 30.3 Å². The van der Waals surface area contributed by atoms with E-state index in [-0.39, 0.29) is 0 Å². The van der Waals surface area contributed by atoms with E-state index in [2.05, 4.69) is 156 Å². The highest BCUT2D eigenvalue weighted by atomic mass is 16.3. The monoisotopic (exact) mass is 666 g/mol. The molecule has 0 N–H and O–H groups in total. The van der Waals surface area contributed by atoms with Crippen LogP contribution in [0, 0.1) is 0 Å². The summed E-state index contributed by atoms with van der Waals surface area (Å²) < 4.78 is 8.75. The fourth-order valence-electron chi connectivity index (χ4n) is 7.18. The van der Waals surface area contributed by atoms with Crippen molar-refractivity contribution in [2.45, 2.75) is 0 Å². The van der Waals surface area contributed by atoms with E-state index in [0.29, 0.717) is 17.5 Å². The lowest BCUT2D eigenvalue weighted by molar-refractivity contribution is 0.658. The van der Waals surface area contributed by atoms with Crippen LogP contribution < -0.4 is 0 Å². The molecule has 0 aliphatic rings. The maximum Gasteiger partial charge on any atom is 0.213 e. The van der Waals surface area contributed by atoms with Gasteiger partial charge in [0.1, 0.15) is 0 Å². The number of hydrogen-bond acceptors (Lipinski definition) is 4. The fourth-order valence-corrected chi connectivity index (χ4v) is 7.18. The van der Waals surface area contributed by atoms with Crippen molar-refractivity contribution in [3.63, 3.8) is 0 Å². The highest BCUT2D eigenvalue weighted by Gasteiger charge is 2.21. The van der Waals surface area contributed by atoms with Crippen molar-refractivity contribution in [2.75, 3.05) is 0 Å². The minimum atomic E-state index is 0.599. The van der Waals surface area contributed by atoms with Crippen molar-refractivity contribution in [3.05, 3.63) is 182 Å². The quantitative estimate of drug-likeness (QED) is 0.177. The first-order valence-corrected chi connectivity index (χ1v) is 17.4. The summed E-state index contributed by atoms with van der Waals surface area (Å²) in [5.74, 6) is 1.83. The molecule has 5 nitrogen and oxygen atoms in total. The van der Waals surface area contributed by atoms with Crippen LogP contribution in [0.3, 0.4) is 0 Å². The van der Waals surface area contributed by atoms with Crippen molar-refractivity contribution in [2.24, 2.45) is 0 Å². The predicted octanol–water partition coefficient (Wildman–Crippen LogP) is 12.0. The van der Waals surface area contributed by atoms with Crippen molar-refractivity contribution in [1.29, 1.82) is 0 Å². The molecular formula is C47H30N4O. The zero-order chi connectivity index (χ0) is 34.4. The Morgan fingerprint density at radius 2 is 0.769 bits per heavy atom. The summed E-state index contributed by atoms with van der Waals surface area (Å²) in [6, 6.07) is 62.7. The molecule has 0 amide bonds. The molecule has 5 heteroatoms. The number of para-hydroxylation sites is 3. The number of oxazole rings is 1. The molecular weight excluding hydrogens is 637 g/mol. The summed E-state index contributed by atoms with van der Waals surface area (Å²) in [6.45, 7) is 0. The van der Waals surface area contributed by atoms with E-state index in [0.717, 1.165) is 77.8 Å². The predicted molar refractivity (Wildman–Crippen MR) is 211 cm³/mol. The topological polar surface area (TPSA) is 56.2 Å². The molecule has 0 atom stereocenters. The summed E-state index contributed by atoms with van der Waals surface area (Å²) in [7, 11) is 0. The Labute approximate surface area is 300 Å². The Bertz CT molecular complexity index is 2810. The number of aromatic nitrogens is 4. The molecule has 244 valence electrons. The molecule has 0 fully saturated rings. The van der Waals surface area contributed by atoms with Gasteiger partial charge in [0.2, 0.25) is 5.71 Å². The van der Waals surface area contributed by atoms with Gasteiger partial charge in [0.05, 0.1) is 16.6 Å². The third-order valence-electron chi connectivity index (χ3n) is 9.64. The number of hydrogen-bond donors (Lipinski definition) is 0. The van der Waals surface area contributed by atoms with Gasteiger partial charge in [-0.1, -0.05) is 146 Å². The average Bonchev–Trinajstić information content (AvgIpc) is 3.76. The van der Waals surface area contributed by atoms with Crippen molar-refractivity contribution in [1.82, 2.24) is 19.4 Å². The molecule has 0 unspecified atom stereocenters. The second kappa shape index (κ2) is 12.3. The lowest BCUT2D eigenvalue weighted by atomic mass is 10.0. The van der Waals surface area contributed by atoms with Crippen molar-refractivity contribution < 1.29 is 4.42 Å². The second-order valence-electron chi connectivity index (χ2n) is 12.9. The summed E-state index contributed by atoms with van der Waals surface area (Å²) in [5.41, 5.74) is 13.1. The van der Waals surface area contributed by atoms with Gasteiger partial charge in [-0.2, -0.15) is 0 Å². The van der Waals surface area contributed by atoms with Gasteiger partial charge in [-0.05, 0) is 64.2 Å². The molecule has 7 aromatic carbocycles. The summed E-state index contributed by atoms with van der Waals surface area (Å²) >= 11 is 0. The van der Waals surface area contributed by atoms with Gasteiger partial charge in [-0.25, -0.2) is 15.0 Å². The SMILES string of the molecule is c1ccc(-c2cccc(-c3nc(-c4cccc(-c5ccccc5)c4)nc(-c4cccc(-c5c6ccccc6n6c5oc5ccccc56)c4)n3)c2)cc1. The highest BCUT2D eigenvalue weighted by Crippen LogP contribution is 2.40. The van der Waals surface area contributed by atoms with E-state index in [9.17, 15) is 0 Å². The fraction of sp³-hybridized carbons (Fsp3) is 0. The van der Waals surface area contributed by atoms with Gasteiger partial charge in [0.15, 0.2) is 23.1 Å².